The molecule has 2 rings (SSSR count). The molecule has 6 nitrogen and oxygen atoms in total. The first-order chi connectivity index (χ1) is 12.7. The summed E-state index contributed by atoms with van der Waals surface area (Å²) in [6, 6.07) is 6.23. The zero-order chi connectivity index (χ0) is 20.1. The smallest absolute Gasteiger partial charge is 0.307 e. The lowest BCUT2D eigenvalue weighted by Crippen LogP contribution is -2.30. The van der Waals surface area contributed by atoms with Gasteiger partial charge in [0.1, 0.15) is 0 Å². The van der Waals surface area contributed by atoms with Gasteiger partial charge in [-0.2, -0.15) is 5.10 Å². The Morgan fingerprint density at radius 1 is 1.22 bits per heavy atom. The van der Waals surface area contributed by atoms with Crippen LogP contribution in [0.3, 0.4) is 0 Å². The molecule has 2 aromatic rings. The second-order valence-corrected chi connectivity index (χ2v) is 7.80. The number of rotatable bonds is 7. The van der Waals surface area contributed by atoms with Gasteiger partial charge in [0.05, 0.1) is 23.5 Å². The summed E-state index contributed by atoms with van der Waals surface area (Å²) in [6.07, 6.45) is -0.608. The molecular formula is C20H27N3O3S. The predicted octanol–water partition coefficient (Wildman–Crippen LogP) is 3.71. The molecule has 1 amide bonds. The third-order valence-electron chi connectivity index (χ3n) is 4.49. The van der Waals surface area contributed by atoms with Crippen molar-refractivity contribution in [2.24, 2.45) is 7.05 Å². The summed E-state index contributed by atoms with van der Waals surface area (Å²) in [6.45, 7) is 9.41. The number of carbonyl (C=O) groups excluding carboxylic acids is 2. The van der Waals surface area contributed by atoms with Crippen LogP contribution in [0.5, 0.6) is 0 Å². The number of esters is 1. The molecule has 0 unspecified atom stereocenters. The van der Waals surface area contributed by atoms with Crippen molar-refractivity contribution >= 4 is 29.3 Å². The predicted molar refractivity (Wildman–Crippen MR) is 108 cm³/mol. The topological polar surface area (TPSA) is 73.2 Å². The van der Waals surface area contributed by atoms with Crippen molar-refractivity contribution in [2.75, 3.05) is 11.1 Å². The zero-order valence-electron chi connectivity index (χ0n) is 16.8. The Hall–Kier alpha value is -2.28. The normalized spacial score (nSPS) is 11.9. The lowest BCUT2D eigenvalue weighted by Gasteiger charge is -2.14. The fraction of sp³-hybridized carbons (Fsp3) is 0.450. The van der Waals surface area contributed by atoms with Crippen LogP contribution in [0.2, 0.25) is 0 Å². The standard InChI is InChI=1S/C20H27N3O3S/c1-12-7-8-17(11-13(12)2)27-10-9-18(24)26-16(5)20(25)21-19-14(3)22-23(6)15(19)4/h7-8,11,16H,9-10H2,1-6H3,(H,21,25)/t16-/m1/s1. The molecule has 27 heavy (non-hydrogen) atoms. The number of carbonyl (C=O) groups is 2. The average molecular weight is 390 g/mol. The van der Waals surface area contributed by atoms with E-state index in [0.717, 1.165) is 16.3 Å². The Kier molecular flexibility index (Phi) is 7.07. The maximum Gasteiger partial charge on any atom is 0.307 e. The van der Waals surface area contributed by atoms with E-state index in [1.54, 1.807) is 23.4 Å². The molecule has 1 aromatic heterocycles. The maximum absolute atomic E-state index is 12.3. The molecule has 0 saturated carbocycles. The van der Waals surface area contributed by atoms with Gasteiger partial charge in [0.25, 0.3) is 5.91 Å². The quantitative estimate of drug-likeness (QED) is 0.577. The first-order valence-corrected chi connectivity index (χ1v) is 9.88. The van der Waals surface area contributed by atoms with Crippen LogP contribution >= 0.6 is 11.8 Å². The number of aryl methyl sites for hydroxylation is 4. The van der Waals surface area contributed by atoms with Crippen molar-refractivity contribution in [1.82, 2.24) is 9.78 Å². The van der Waals surface area contributed by atoms with Crippen molar-refractivity contribution in [2.45, 2.75) is 52.0 Å². The number of nitrogens with zero attached hydrogens (tertiary/aromatic N) is 2. The lowest BCUT2D eigenvalue weighted by molar-refractivity contribution is -0.152. The SMILES string of the molecule is Cc1ccc(SCCC(=O)O[C@H](C)C(=O)Nc2c(C)nn(C)c2C)cc1C. The van der Waals surface area contributed by atoms with Gasteiger partial charge in [-0.05, 0) is 57.9 Å². The van der Waals surface area contributed by atoms with Gasteiger partial charge in [-0.3, -0.25) is 14.3 Å². The number of thioether (sulfide) groups is 1. The highest BCUT2D eigenvalue weighted by Crippen LogP contribution is 2.22. The Labute approximate surface area is 164 Å². The minimum absolute atomic E-state index is 0.250. The fourth-order valence-electron chi connectivity index (χ4n) is 2.54. The number of hydrogen-bond acceptors (Lipinski definition) is 5. The van der Waals surface area contributed by atoms with Crippen molar-refractivity contribution in [3.63, 3.8) is 0 Å². The molecule has 0 fully saturated rings. The van der Waals surface area contributed by atoms with E-state index in [2.05, 4.69) is 36.4 Å². The summed E-state index contributed by atoms with van der Waals surface area (Å²) >= 11 is 1.60. The third-order valence-corrected chi connectivity index (χ3v) is 5.48. The van der Waals surface area contributed by atoms with Crippen molar-refractivity contribution in [3.05, 3.63) is 40.7 Å². The van der Waals surface area contributed by atoms with E-state index in [9.17, 15) is 9.59 Å². The van der Waals surface area contributed by atoms with E-state index < -0.39 is 6.10 Å². The zero-order valence-corrected chi connectivity index (χ0v) is 17.6. The Balaban J connectivity index is 1.80. The molecule has 0 spiro atoms. The minimum atomic E-state index is -0.858. The number of anilines is 1. The molecule has 146 valence electrons. The minimum Gasteiger partial charge on any atom is -0.453 e. The fourth-order valence-corrected chi connectivity index (χ4v) is 3.47. The molecule has 0 bridgehead atoms. The van der Waals surface area contributed by atoms with Crippen molar-refractivity contribution < 1.29 is 14.3 Å². The molecule has 1 atom stereocenters. The Morgan fingerprint density at radius 3 is 2.52 bits per heavy atom. The van der Waals surface area contributed by atoms with E-state index in [1.165, 1.54) is 11.1 Å². The van der Waals surface area contributed by atoms with Gasteiger partial charge in [-0.15, -0.1) is 11.8 Å². The summed E-state index contributed by atoms with van der Waals surface area (Å²) in [5, 5.41) is 7.05. The van der Waals surface area contributed by atoms with Gasteiger partial charge in [-0.1, -0.05) is 6.07 Å². The maximum atomic E-state index is 12.3. The van der Waals surface area contributed by atoms with Crippen LogP contribution in [0.4, 0.5) is 5.69 Å². The van der Waals surface area contributed by atoms with Crippen molar-refractivity contribution in [3.8, 4) is 0 Å². The summed E-state index contributed by atoms with van der Waals surface area (Å²) in [5.74, 6) is -0.130. The monoisotopic (exact) mass is 389 g/mol. The van der Waals surface area contributed by atoms with Gasteiger partial charge in [0, 0.05) is 17.7 Å². The summed E-state index contributed by atoms with van der Waals surface area (Å²) in [5.41, 5.74) is 4.72. The van der Waals surface area contributed by atoms with E-state index in [0.29, 0.717) is 11.4 Å². The summed E-state index contributed by atoms with van der Waals surface area (Å²) < 4.78 is 6.96. The van der Waals surface area contributed by atoms with Gasteiger partial charge in [0.2, 0.25) is 0 Å². The number of nitrogens with one attached hydrogen (secondary N) is 1. The van der Waals surface area contributed by atoms with Crippen LogP contribution in [-0.4, -0.2) is 33.5 Å². The van der Waals surface area contributed by atoms with Crippen LogP contribution in [0.1, 0.15) is 35.9 Å². The number of hydrogen-bond donors (Lipinski definition) is 1. The summed E-state index contributed by atoms with van der Waals surface area (Å²) in [7, 11) is 1.81. The largest absolute Gasteiger partial charge is 0.453 e. The Morgan fingerprint density at radius 2 is 1.93 bits per heavy atom. The first kappa shape index (κ1) is 21.0. The second kappa shape index (κ2) is 9.08. The lowest BCUT2D eigenvalue weighted by atomic mass is 10.1. The second-order valence-electron chi connectivity index (χ2n) is 6.64. The first-order valence-electron chi connectivity index (χ1n) is 8.89. The average Bonchev–Trinajstić information content (AvgIpc) is 2.84. The summed E-state index contributed by atoms with van der Waals surface area (Å²) in [4.78, 5) is 25.4. The molecule has 0 aliphatic heterocycles. The van der Waals surface area contributed by atoms with E-state index in [-0.39, 0.29) is 18.3 Å². The van der Waals surface area contributed by atoms with E-state index in [1.807, 2.05) is 27.0 Å². The van der Waals surface area contributed by atoms with Gasteiger partial charge < -0.3 is 10.1 Å². The molecule has 7 heteroatoms. The Bertz CT molecular complexity index is 845. The van der Waals surface area contributed by atoms with Crippen LogP contribution in [0.15, 0.2) is 23.1 Å². The number of ether oxygens (including phenoxy) is 1. The van der Waals surface area contributed by atoms with Crippen molar-refractivity contribution in [1.29, 1.82) is 0 Å². The molecule has 1 heterocycles. The molecular weight excluding hydrogens is 362 g/mol. The van der Waals surface area contributed by atoms with E-state index in [4.69, 9.17) is 4.74 Å². The molecule has 0 aliphatic rings. The molecule has 0 saturated heterocycles. The molecule has 0 aliphatic carbocycles. The molecule has 1 aromatic carbocycles. The molecule has 0 radical (unpaired) electrons. The highest BCUT2D eigenvalue weighted by molar-refractivity contribution is 7.99. The number of amides is 1. The van der Waals surface area contributed by atoms with Crippen LogP contribution in [0.25, 0.3) is 0 Å². The van der Waals surface area contributed by atoms with Gasteiger partial charge in [0.15, 0.2) is 6.10 Å². The van der Waals surface area contributed by atoms with Crippen LogP contribution in [-0.2, 0) is 21.4 Å². The number of benzene rings is 1. The highest BCUT2D eigenvalue weighted by atomic mass is 32.2. The molecule has 1 N–H and O–H groups in total. The number of aromatic nitrogens is 2. The third kappa shape index (κ3) is 5.60. The van der Waals surface area contributed by atoms with Crippen LogP contribution in [0, 0.1) is 27.7 Å². The van der Waals surface area contributed by atoms with Gasteiger partial charge in [-0.25, -0.2) is 0 Å². The highest BCUT2D eigenvalue weighted by Gasteiger charge is 2.20. The van der Waals surface area contributed by atoms with Gasteiger partial charge >= 0.3 is 5.97 Å². The van der Waals surface area contributed by atoms with Crippen LogP contribution < -0.4 is 5.32 Å². The van der Waals surface area contributed by atoms with E-state index >= 15 is 0 Å².